The molecule has 0 saturated carbocycles. The Morgan fingerprint density at radius 1 is 1.12 bits per heavy atom. The first-order chi connectivity index (χ1) is 11.9. The van der Waals surface area contributed by atoms with Crippen LogP contribution in [0.15, 0.2) is 58.5 Å². The third-order valence-electron chi connectivity index (χ3n) is 4.00. The molecular weight excluding hydrogens is 338 g/mol. The van der Waals surface area contributed by atoms with Gasteiger partial charge in [-0.25, -0.2) is 13.4 Å². The molecule has 0 N–H and O–H groups in total. The molecule has 0 aliphatic carbocycles. The summed E-state index contributed by atoms with van der Waals surface area (Å²) in [5.41, 5.74) is 1.21. The van der Waals surface area contributed by atoms with Gasteiger partial charge in [-0.2, -0.15) is 0 Å². The number of ether oxygens (including phenoxy) is 1. The fraction of sp³-hybridized carbons (Fsp3) is 0.278. The van der Waals surface area contributed by atoms with Crippen LogP contribution in [0.5, 0.6) is 5.88 Å². The number of pyridine rings is 1. The summed E-state index contributed by atoms with van der Waals surface area (Å²) in [5.74, 6) is 0.391. The zero-order valence-electron chi connectivity index (χ0n) is 14.5. The highest BCUT2D eigenvalue weighted by Crippen LogP contribution is 2.30. The molecule has 0 unspecified atom stereocenters. The van der Waals surface area contributed by atoms with Crippen molar-refractivity contribution in [1.29, 1.82) is 0 Å². The molecule has 0 aliphatic heterocycles. The Bertz CT molecular complexity index is 979. The molecule has 3 aromatic rings. The lowest BCUT2D eigenvalue weighted by Crippen LogP contribution is -2.18. The maximum absolute atomic E-state index is 13.1. The average molecular weight is 359 g/mol. The zero-order chi connectivity index (χ0) is 18.0. The molecule has 0 fully saturated rings. The van der Waals surface area contributed by atoms with Gasteiger partial charge in [0, 0.05) is 25.4 Å². The highest BCUT2D eigenvalue weighted by atomic mass is 32.2. The minimum Gasteiger partial charge on any atom is -0.481 e. The third-order valence-corrected chi connectivity index (χ3v) is 5.78. The van der Waals surface area contributed by atoms with Gasteiger partial charge in [-0.05, 0) is 32.3 Å². The predicted molar refractivity (Wildman–Crippen MR) is 96.7 cm³/mol. The molecule has 0 saturated heterocycles. The van der Waals surface area contributed by atoms with Gasteiger partial charge in [0.2, 0.25) is 15.7 Å². The van der Waals surface area contributed by atoms with Gasteiger partial charge in [-0.3, -0.25) is 0 Å². The first-order valence-corrected chi connectivity index (χ1v) is 9.40. The van der Waals surface area contributed by atoms with Gasteiger partial charge in [0.05, 0.1) is 17.5 Å². The fourth-order valence-corrected chi connectivity index (χ4v) is 4.09. The highest BCUT2D eigenvalue weighted by Gasteiger charge is 2.24. The number of methoxy groups -OCH3 is 1. The Labute approximate surface area is 147 Å². The Hall–Kier alpha value is -2.38. The lowest BCUT2D eigenvalue weighted by atomic mass is 10.4. The van der Waals surface area contributed by atoms with Gasteiger partial charge in [0.1, 0.15) is 10.4 Å². The number of benzene rings is 1. The van der Waals surface area contributed by atoms with Gasteiger partial charge in [-0.15, -0.1) is 0 Å². The van der Waals surface area contributed by atoms with Crippen LogP contribution < -0.4 is 4.74 Å². The van der Waals surface area contributed by atoms with Crippen LogP contribution in [0.3, 0.4) is 0 Å². The standard InChI is InChI=1S/C18H21N3O3S/c1-20(2)11-12-21-13-16(18-15(21)9-10-17(19-18)24-3)25(22,23)14-7-5-4-6-8-14/h4-10,13H,11-12H2,1-3H3. The first kappa shape index (κ1) is 17.4. The average Bonchev–Trinajstić information content (AvgIpc) is 2.99. The van der Waals surface area contributed by atoms with Gasteiger partial charge in [0.25, 0.3) is 0 Å². The van der Waals surface area contributed by atoms with E-state index in [0.29, 0.717) is 17.9 Å². The van der Waals surface area contributed by atoms with Crippen molar-refractivity contribution in [2.45, 2.75) is 16.3 Å². The van der Waals surface area contributed by atoms with E-state index in [9.17, 15) is 8.42 Å². The van der Waals surface area contributed by atoms with Crippen molar-refractivity contribution in [3.63, 3.8) is 0 Å². The number of hydrogen-bond donors (Lipinski definition) is 0. The van der Waals surface area contributed by atoms with E-state index in [4.69, 9.17) is 4.74 Å². The number of nitrogens with zero attached hydrogens (tertiary/aromatic N) is 3. The van der Waals surface area contributed by atoms with Crippen LogP contribution >= 0.6 is 0 Å². The van der Waals surface area contributed by atoms with Crippen LogP contribution in [0.1, 0.15) is 0 Å². The molecule has 2 heterocycles. The van der Waals surface area contributed by atoms with E-state index in [1.54, 1.807) is 42.6 Å². The SMILES string of the molecule is COc1ccc2c(n1)c(S(=O)(=O)c1ccccc1)cn2CCN(C)C. The Balaban J connectivity index is 2.20. The fourth-order valence-electron chi connectivity index (χ4n) is 2.65. The Morgan fingerprint density at radius 3 is 2.48 bits per heavy atom. The summed E-state index contributed by atoms with van der Waals surface area (Å²) in [6.45, 7) is 1.46. The molecule has 0 spiro atoms. The maximum Gasteiger partial charge on any atom is 0.213 e. The summed E-state index contributed by atoms with van der Waals surface area (Å²) in [7, 11) is 1.82. The molecule has 0 amide bonds. The van der Waals surface area contributed by atoms with Gasteiger partial charge < -0.3 is 14.2 Å². The van der Waals surface area contributed by atoms with Crippen LogP contribution in [0.4, 0.5) is 0 Å². The zero-order valence-corrected chi connectivity index (χ0v) is 15.3. The number of rotatable bonds is 6. The maximum atomic E-state index is 13.1. The smallest absolute Gasteiger partial charge is 0.213 e. The van der Waals surface area contributed by atoms with E-state index in [2.05, 4.69) is 4.98 Å². The molecule has 25 heavy (non-hydrogen) atoms. The lowest BCUT2D eigenvalue weighted by molar-refractivity contribution is 0.386. The summed E-state index contributed by atoms with van der Waals surface area (Å²) in [6, 6.07) is 12.0. The van der Waals surface area contributed by atoms with Crippen molar-refractivity contribution in [1.82, 2.24) is 14.5 Å². The van der Waals surface area contributed by atoms with E-state index >= 15 is 0 Å². The second-order valence-electron chi connectivity index (χ2n) is 6.03. The van der Waals surface area contributed by atoms with Gasteiger partial charge in [-0.1, -0.05) is 18.2 Å². The van der Waals surface area contributed by atoms with Crippen molar-refractivity contribution >= 4 is 20.9 Å². The molecule has 0 bridgehead atoms. The normalized spacial score (nSPS) is 12.0. The molecule has 2 aromatic heterocycles. The van der Waals surface area contributed by atoms with Crippen molar-refractivity contribution < 1.29 is 13.2 Å². The molecular formula is C18H21N3O3S. The molecule has 7 heteroatoms. The van der Waals surface area contributed by atoms with Gasteiger partial charge in [0.15, 0.2) is 0 Å². The minimum absolute atomic E-state index is 0.200. The second-order valence-corrected chi connectivity index (χ2v) is 7.95. The quantitative estimate of drug-likeness (QED) is 0.676. The molecule has 0 radical (unpaired) electrons. The van der Waals surface area contributed by atoms with Crippen LogP contribution in [0.2, 0.25) is 0 Å². The second kappa shape index (κ2) is 6.85. The predicted octanol–water partition coefficient (Wildman–Crippen LogP) is 2.44. The van der Waals surface area contributed by atoms with Crippen LogP contribution in [0.25, 0.3) is 11.0 Å². The van der Waals surface area contributed by atoms with E-state index in [1.165, 1.54) is 7.11 Å². The molecule has 0 atom stereocenters. The van der Waals surface area contributed by atoms with Crippen molar-refractivity contribution in [2.24, 2.45) is 0 Å². The van der Waals surface area contributed by atoms with Crippen molar-refractivity contribution in [2.75, 3.05) is 27.7 Å². The number of fused-ring (bicyclic) bond motifs is 1. The molecule has 132 valence electrons. The Morgan fingerprint density at radius 2 is 1.84 bits per heavy atom. The third kappa shape index (κ3) is 3.38. The highest BCUT2D eigenvalue weighted by molar-refractivity contribution is 7.91. The van der Waals surface area contributed by atoms with Crippen LogP contribution in [0, 0.1) is 0 Å². The molecule has 3 rings (SSSR count). The number of sulfone groups is 1. The number of likely N-dealkylation sites (N-methyl/N-ethyl adjacent to an activating group) is 1. The van der Waals surface area contributed by atoms with Crippen LogP contribution in [-0.4, -0.2) is 50.6 Å². The minimum atomic E-state index is -3.66. The largest absolute Gasteiger partial charge is 0.481 e. The number of aromatic nitrogens is 2. The first-order valence-electron chi connectivity index (χ1n) is 7.92. The summed E-state index contributed by atoms with van der Waals surface area (Å²) < 4.78 is 33.3. The molecule has 6 nitrogen and oxygen atoms in total. The molecule has 0 aliphatic rings. The van der Waals surface area contributed by atoms with Crippen molar-refractivity contribution in [3.8, 4) is 5.88 Å². The van der Waals surface area contributed by atoms with E-state index < -0.39 is 9.84 Å². The summed E-state index contributed by atoms with van der Waals surface area (Å²) in [5, 5.41) is 0. The van der Waals surface area contributed by atoms with E-state index in [-0.39, 0.29) is 9.79 Å². The molecule has 1 aromatic carbocycles. The summed E-state index contributed by atoms with van der Waals surface area (Å²) in [4.78, 5) is 6.90. The Kier molecular flexibility index (Phi) is 4.78. The monoisotopic (exact) mass is 359 g/mol. The van der Waals surface area contributed by atoms with Crippen LogP contribution in [-0.2, 0) is 16.4 Å². The summed E-state index contributed by atoms with van der Waals surface area (Å²) >= 11 is 0. The lowest BCUT2D eigenvalue weighted by Gasteiger charge is -2.10. The van der Waals surface area contributed by atoms with Gasteiger partial charge >= 0.3 is 0 Å². The summed E-state index contributed by atoms with van der Waals surface area (Å²) in [6.07, 6.45) is 1.67. The number of hydrogen-bond acceptors (Lipinski definition) is 5. The van der Waals surface area contributed by atoms with E-state index in [1.807, 2.05) is 29.6 Å². The van der Waals surface area contributed by atoms with Crippen molar-refractivity contribution in [3.05, 3.63) is 48.7 Å². The van der Waals surface area contributed by atoms with E-state index in [0.717, 1.165) is 12.1 Å². The topological polar surface area (TPSA) is 64.4 Å².